The van der Waals surface area contributed by atoms with E-state index in [9.17, 15) is 0 Å². The van der Waals surface area contributed by atoms with E-state index in [1.807, 2.05) is 18.2 Å². The fourth-order valence-corrected chi connectivity index (χ4v) is 7.01. The van der Waals surface area contributed by atoms with Gasteiger partial charge in [-0.15, -0.1) is 11.3 Å². The Hall–Kier alpha value is -4.45. The van der Waals surface area contributed by atoms with Crippen molar-refractivity contribution < 1.29 is 9.47 Å². The van der Waals surface area contributed by atoms with Gasteiger partial charge in [0.2, 0.25) is 0 Å². The zero-order valence-electron chi connectivity index (χ0n) is 21.4. The van der Waals surface area contributed by atoms with Gasteiger partial charge in [-0.25, -0.2) is 0 Å². The van der Waals surface area contributed by atoms with Gasteiger partial charge in [0.05, 0.1) is 10.6 Å². The summed E-state index contributed by atoms with van der Waals surface area (Å²) >= 11 is 3.46. The van der Waals surface area contributed by atoms with E-state index in [2.05, 4.69) is 114 Å². The molecule has 3 nitrogen and oxygen atoms in total. The van der Waals surface area contributed by atoms with Gasteiger partial charge in [0.1, 0.15) is 22.4 Å². The number of hydrogen-bond donors (Lipinski definition) is 0. The SMILES string of the molecule is C1=C(c2ccc(N(c3ccccc3)c3cc4ccccc4c4ccccc34)s2)Oc2ccccc2/C1=C1\OCS1. The van der Waals surface area contributed by atoms with Crippen LogP contribution in [0.5, 0.6) is 5.75 Å². The third kappa shape index (κ3) is 3.89. The molecular weight excluding hydrogens is 531 g/mol. The molecule has 0 radical (unpaired) electrons. The van der Waals surface area contributed by atoms with Gasteiger partial charge in [0.15, 0.2) is 5.09 Å². The number of para-hydroxylation sites is 2. The summed E-state index contributed by atoms with van der Waals surface area (Å²) in [6.07, 6.45) is 2.12. The topological polar surface area (TPSA) is 21.7 Å². The predicted octanol–water partition coefficient (Wildman–Crippen LogP) is 10.3. The molecule has 3 heterocycles. The Labute approximate surface area is 240 Å². The lowest BCUT2D eigenvalue weighted by molar-refractivity contribution is 0.277. The van der Waals surface area contributed by atoms with Gasteiger partial charge in [-0.1, -0.05) is 84.9 Å². The summed E-state index contributed by atoms with van der Waals surface area (Å²) < 4.78 is 12.2. The van der Waals surface area contributed by atoms with E-state index in [1.165, 1.54) is 21.5 Å². The Kier molecular flexibility index (Phi) is 5.64. The van der Waals surface area contributed by atoms with Crippen LogP contribution < -0.4 is 9.64 Å². The summed E-state index contributed by atoms with van der Waals surface area (Å²) in [4.78, 5) is 3.43. The van der Waals surface area contributed by atoms with Crippen LogP contribution in [0.15, 0.2) is 132 Å². The van der Waals surface area contributed by atoms with E-state index in [4.69, 9.17) is 9.47 Å². The fourth-order valence-electron chi connectivity index (χ4n) is 5.46. The van der Waals surface area contributed by atoms with Crippen LogP contribution in [0.25, 0.3) is 32.9 Å². The van der Waals surface area contributed by atoms with Gasteiger partial charge in [0, 0.05) is 22.2 Å². The zero-order chi connectivity index (χ0) is 26.5. The molecule has 0 atom stereocenters. The molecule has 1 saturated heterocycles. The normalized spacial score (nSPS) is 16.1. The third-order valence-corrected chi connectivity index (χ3v) is 9.25. The second-order valence-corrected chi connectivity index (χ2v) is 11.6. The first-order chi connectivity index (χ1) is 19.8. The lowest BCUT2D eigenvalue weighted by Crippen LogP contribution is -2.09. The lowest BCUT2D eigenvalue weighted by Gasteiger charge is -2.26. The average Bonchev–Trinajstić information content (AvgIpc) is 3.47. The van der Waals surface area contributed by atoms with Crippen molar-refractivity contribution in [3.8, 4) is 5.75 Å². The smallest absolute Gasteiger partial charge is 0.165 e. The lowest BCUT2D eigenvalue weighted by atomic mass is 9.99. The van der Waals surface area contributed by atoms with Crippen molar-refractivity contribution in [2.75, 3.05) is 10.8 Å². The Morgan fingerprint density at radius 1 is 0.675 bits per heavy atom. The van der Waals surface area contributed by atoms with Crippen LogP contribution >= 0.6 is 23.1 Å². The number of nitrogens with zero attached hydrogens (tertiary/aromatic N) is 1. The number of hydrogen-bond acceptors (Lipinski definition) is 5. The molecule has 40 heavy (non-hydrogen) atoms. The number of benzene rings is 5. The van der Waals surface area contributed by atoms with Gasteiger partial charge in [-0.05, 0) is 70.4 Å². The minimum atomic E-state index is 0.694. The molecule has 0 aliphatic carbocycles. The van der Waals surface area contributed by atoms with E-state index in [-0.39, 0.29) is 0 Å². The first kappa shape index (κ1) is 23.4. The predicted molar refractivity (Wildman–Crippen MR) is 170 cm³/mol. The number of allylic oxidation sites excluding steroid dienone is 2. The average molecular weight is 554 g/mol. The molecule has 0 spiro atoms. The quantitative estimate of drug-likeness (QED) is 0.202. The molecule has 0 unspecified atom stereocenters. The highest BCUT2D eigenvalue weighted by Gasteiger charge is 2.26. The van der Waals surface area contributed by atoms with E-state index in [1.54, 1.807) is 23.1 Å². The summed E-state index contributed by atoms with van der Waals surface area (Å²) in [5, 5.41) is 7.02. The number of thioether (sulfide) groups is 1. The number of anilines is 3. The second-order valence-electron chi connectivity index (χ2n) is 9.69. The van der Waals surface area contributed by atoms with E-state index >= 15 is 0 Å². The number of ether oxygens (including phenoxy) is 2. The van der Waals surface area contributed by atoms with Gasteiger partial charge in [-0.2, -0.15) is 0 Å². The van der Waals surface area contributed by atoms with Crippen LogP contribution in [0.4, 0.5) is 16.4 Å². The molecule has 5 aromatic carbocycles. The van der Waals surface area contributed by atoms with Crippen molar-refractivity contribution in [3.63, 3.8) is 0 Å². The Bertz CT molecular complexity index is 1970. The van der Waals surface area contributed by atoms with Crippen LogP contribution in [0.3, 0.4) is 0 Å². The number of thiophene rings is 1. The first-order valence-electron chi connectivity index (χ1n) is 13.2. The summed E-state index contributed by atoms with van der Waals surface area (Å²) in [6.45, 7) is 0. The van der Waals surface area contributed by atoms with Crippen LogP contribution in [-0.4, -0.2) is 5.94 Å². The first-order valence-corrected chi connectivity index (χ1v) is 15.0. The van der Waals surface area contributed by atoms with Crippen LogP contribution in [0.1, 0.15) is 10.4 Å². The van der Waals surface area contributed by atoms with Gasteiger partial charge >= 0.3 is 0 Å². The summed E-state index contributed by atoms with van der Waals surface area (Å²) in [5.41, 5.74) is 4.42. The maximum atomic E-state index is 6.45. The van der Waals surface area contributed by atoms with E-state index < -0.39 is 0 Å². The molecule has 2 aliphatic heterocycles. The molecule has 1 aromatic heterocycles. The van der Waals surface area contributed by atoms with Crippen molar-refractivity contribution >= 4 is 72.4 Å². The number of fused-ring (bicyclic) bond motifs is 4. The van der Waals surface area contributed by atoms with Crippen LogP contribution in [0, 0.1) is 0 Å². The van der Waals surface area contributed by atoms with Crippen molar-refractivity contribution in [1.82, 2.24) is 0 Å². The summed E-state index contributed by atoms with van der Waals surface area (Å²) in [5.74, 6) is 2.39. The number of rotatable bonds is 4. The molecular formula is C35H23NO2S2. The molecule has 0 saturated carbocycles. The Morgan fingerprint density at radius 2 is 1.40 bits per heavy atom. The monoisotopic (exact) mass is 553 g/mol. The van der Waals surface area contributed by atoms with Crippen molar-refractivity contribution in [1.29, 1.82) is 0 Å². The molecule has 5 heteroatoms. The fraction of sp³-hybridized carbons (Fsp3) is 0.0286. The summed E-state index contributed by atoms with van der Waals surface area (Å²) in [6, 6.07) is 42.8. The molecule has 0 N–H and O–H groups in total. The van der Waals surface area contributed by atoms with Gasteiger partial charge in [0.25, 0.3) is 0 Å². The molecule has 192 valence electrons. The van der Waals surface area contributed by atoms with Crippen molar-refractivity contribution in [2.24, 2.45) is 0 Å². The minimum Gasteiger partial charge on any atom is -0.476 e. The highest BCUT2D eigenvalue weighted by Crippen LogP contribution is 2.48. The molecule has 0 amide bonds. The van der Waals surface area contributed by atoms with Crippen LogP contribution in [-0.2, 0) is 4.74 Å². The maximum absolute atomic E-state index is 6.45. The van der Waals surface area contributed by atoms with Crippen molar-refractivity contribution in [3.05, 3.63) is 143 Å². The second kappa shape index (κ2) is 9.63. The molecule has 1 fully saturated rings. The third-order valence-electron chi connectivity index (χ3n) is 7.33. The minimum absolute atomic E-state index is 0.694. The highest BCUT2D eigenvalue weighted by molar-refractivity contribution is 8.04. The Balaban J connectivity index is 1.29. The van der Waals surface area contributed by atoms with E-state index in [0.29, 0.717) is 5.94 Å². The summed E-state index contributed by atoms with van der Waals surface area (Å²) in [7, 11) is 0. The van der Waals surface area contributed by atoms with Crippen LogP contribution in [0.2, 0.25) is 0 Å². The molecule has 6 aromatic rings. The highest BCUT2D eigenvalue weighted by atomic mass is 32.2. The largest absolute Gasteiger partial charge is 0.476 e. The zero-order valence-corrected chi connectivity index (χ0v) is 23.0. The molecule has 0 bridgehead atoms. The molecule has 2 aliphatic rings. The van der Waals surface area contributed by atoms with Crippen molar-refractivity contribution in [2.45, 2.75) is 0 Å². The van der Waals surface area contributed by atoms with E-state index in [0.717, 1.165) is 49.0 Å². The maximum Gasteiger partial charge on any atom is 0.165 e. The standard InChI is InChI=1S/C35H23NO2S2/c1-2-11-24(12-3-1)36(30-20-23-10-4-5-13-25(23)26-14-6-7-15-27(26)30)34-19-18-33(40-34)32-21-29(35-37-22-39-35)28-16-8-9-17-31(28)38-32/h1-21H,22H2/b35-29+. The Morgan fingerprint density at radius 3 is 2.23 bits per heavy atom. The molecule has 8 rings (SSSR count). The van der Waals surface area contributed by atoms with Gasteiger partial charge < -0.3 is 14.4 Å². The van der Waals surface area contributed by atoms with Gasteiger partial charge in [-0.3, -0.25) is 0 Å².